The highest BCUT2D eigenvalue weighted by Crippen LogP contribution is 2.37. The molecule has 0 amide bonds. The molecule has 0 bridgehead atoms. The molecule has 0 spiro atoms. The normalized spacial score (nSPS) is 11.8. The summed E-state index contributed by atoms with van der Waals surface area (Å²) in [6, 6.07) is 15.4. The van der Waals surface area contributed by atoms with E-state index in [9.17, 15) is 9.36 Å². The van der Waals surface area contributed by atoms with Gasteiger partial charge in [0, 0.05) is 6.16 Å². The summed E-state index contributed by atoms with van der Waals surface area (Å²) in [6.07, 6.45) is 4.22. The quantitative estimate of drug-likeness (QED) is 0.450. The number of hydrogen-bond donors (Lipinski definition) is 0. The van der Waals surface area contributed by atoms with Crippen LogP contribution in [0.2, 0.25) is 0 Å². The number of carbonyl (C=O) groups is 1. The van der Waals surface area contributed by atoms with Crippen LogP contribution in [0.4, 0.5) is 0 Å². The molecule has 0 N–H and O–H groups in total. The van der Waals surface area contributed by atoms with E-state index in [0.717, 1.165) is 25.7 Å². The molecule has 4 nitrogen and oxygen atoms in total. The zero-order chi connectivity index (χ0) is 18.1. The zero-order valence-corrected chi connectivity index (χ0v) is 15.8. The summed E-state index contributed by atoms with van der Waals surface area (Å²) in [5, 5.41) is 0. The second-order valence-corrected chi connectivity index (χ2v) is 7.64. The molecule has 0 heterocycles. The Labute approximate surface area is 150 Å². The fourth-order valence-electron chi connectivity index (χ4n) is 2.76. The standard InChI is InChI=1S/C20H25O4P/c1-23-17-13-9-14-18(24-2)19(17)20(21)25(22)15-8-4-7-12-16-10-5-3-6-11-16/h3,5-6,9-11,13-14,25H,4,7-8,12,15H2,1-2H3. The fraction of sp³-hybridized carbons (Fsp3) is 0.350. The molecule has 2 aromatic carbocycles. The van der Waals surface area contributed by atoms with Gasteiger partial charge in [-0.2, -0.15) is 0 Å². The molecule has 0 aliphatic heterocycles. The Kier molecular flexibility index (Phi) is 7.75. The van der Waals surface area contributed by atoms with Crippen LogP contribution in [0.3, 0.4) is 0 Å². The molecule has 2 rings (SSSR count). The van der Waals surface area contributed by atoms with Crippen LogP contribution in [0.5, 0.6) is 11.5 Å². The maximum absolute atomic E-state index is 12.6. The Balaban J connectivity index is 1.86. The van der Waals surface area contributed by atoms with Gasteiger partial charge in [0.05, 0.1) is 14.2 Å². The van der Waals surface area contributed by atoms with Gasteiger partial charge in [-0.15, -0.1) is 0 Å². The van der Waals surface area contributed by atoms with Gasteiger partial charge in [-0.1, -0.05) is 42.8 Å². The van der Waals surface area contributed by atoms with Gasteiger partial charge in [-0.25, -0.2) is 0 Å². The van der Waals surface area contributed by atoms with E-state index in [4.69, 9.17) is 9.47 Å². The molecule has 0 aromatic heterocycles. The van der Waals surface area contributed by atoms with E-state index in [0.29, 0.717) is 23.2 Å². The highest BCUT2D eigenvalue weighted by Gasteiger charge is 2.22. The van der Waals surface area contributed by atoms with Crippen LogP contribution in [0, 0.1) is 0 Å². The summed E-state index contributed by atoms with van der Waals surface area (Å²) in [6.45, 7) is 0. The molecular weight excluding hydrogens is 335 g/mol. The van der Waals surface area contributed by atoms with Crippen molar-refractivity contribution in [1.82, 2.24) is 0 Å². The summed E-state index contributed by atoms with van der Waals surface area (Å²) >= 11 is 0. The van der Waals surface area contributed by atoms with Crippen LogP contribution >= 0.6 is 7.80 Å². The van der Waals surface area contributed by atoms with Crippen LogP contribution in [-0.4, -0.2) is 25.9 Å². The molecule has 134 valence electrons. The summed E-state index contributed by atoms with van der Waals surface area (Å²) in [5.74, 6) is 0.818. The Morgan fingerprint density at radius 1 is 0.880 bits per heavy atom. The smallest absolute Gasteiger partial charge is 0.225 e. The Hall–Kier alpha value is -2.06. The molecule has 0 aliphatic carbocycles. The maximum Gasteiger partial charge on any atom is 0.225 e. The van der Waals surface area contributed by atoms with E-state index >= 15 is 0 Å². The first-order chi connectivity index (χ1) is 12.2. The van der Waals surface area contributed by atoms with Crippen LogP contribution in [0.15, 0.2) is 48.5 Å². The summed E-state index contributed by atoms with van der Waals surface area (Å²) in [4.78, 5) is 12.6. The Bertz CT molecular complexity index is 691. The van der Waals surface area contributed by atoms with Crippen LogP contribution in [0.1, 0.15) is 35.2 Å². The lowest BCUT2D eigenvalue weighted by atomic mass is 10.1. The van der Waals surface area contributed by atoms with Crippen molar-refractivity contribution in [3.8, 4) is 11.5 Å². The van der Waals surface area contributed by atoms with Gasteiger partial charge in [0.2, 0.25) is 5.52 Å². The van der Waals surface area contributed by atoms with Gasteiger partial charge in [-0.05, 0) is 37.0 Å². The third-order valence-electron chi connectivity index (χ3n) is 4.12. The van der Waals surface area contributed by atoms with Gasteiger partial charge in [-0.3, -0.25) is 4.79 Å². The number of aryl methyl sites for hydroxylation is 1. The minimum Gasteiger partial charge on any atom is -0.496 e. The Morgan fingerprint density at radius 2 is 1.52 bits per heavy atom. The molecule has 0 fully saturated rings. The van der Waals surface area contributed by atoms with E-state index in [1.165, 1.54) is 19.8 Å². The van der Waals surface area contributed by atoms with Crippen molar-refractivity contribution in [2.24, 2.45) is 0 Å². The number of unbranched alkanes of at least 4 members (excludes halogenated alkanes) is 2. The minimum atomic E-state index is -2.38. The number of rotatable bonds is 10. The van der Waals surface area contributed by atoms with Gasteiger partial charge >= 0.3 is 0 Å². The molecule has 0 radical (unpaired) electrons. The monoisotopic (exact) mass is 360 g/mol. The van der Waals surface area contributed by atoms with E-state index in [1.54, 1.807) is 18.2 Å². The van der Waals surface area contributed by atoms with Crippen molar-refractivity contribution in [1.29, 1.82) is 0 Å². The first kappa shape index (κ1) is 19.3. The topological polar surface area (TPSA) is 52.6 Å². The van der Waals surface area contributed by atoms with Crippen LogP contribution < -0.4 is 9.47 Å². The predicted octanol–water partition coefficient (Wildman–Crippen LogP) is 4.82. The maximum atomic E-state index is 12.6. The van der Waals surface area contributed by atoms with Gasteiger partial charge < -0.3 is 14.0 Å². The average Bonchev–Trinajstić information content (AvgIpc) is 2.67. The molecule has 25 heavy (non-hydrogen) atoms. The van der Waals surface area contributed by atoms with Crippen molar-refractivity contribution in [2.45, 2.75) is 25.7 Å². The third-order valence-corrected chi connectivity index (χ3v) is 5.68. The summed E-state index contributed by atoms with van der Waals surface area (Å²) < 4.78 is 22.9. The average molecular weight is 360 g/mol. The van der Waals surface area contributed by atoms with Gasteiger partial charge in [0.15, 0.2) is 0 Å². The van der Waals surface area contributed by atoms with Crippen molar-refractivity contribution in [3.63, 3.8) is 0 Å². The van der Waals surface area contributed by atoms with E-state index in [2.05, 4.69) is 12.1 Å². The van der Waals surface area contributed by atoms with E-state index in [1.807, 2.05) is 18.2 Å². The highest BCUT2D eigenvalue weighted by molar-refractivity contribution is 7.64. The van der Waals surface area contributed by atoms with E-state index in [-0.39, 0.29) is 5.52 Å². The molecule has 0 saturated carbocycles. The van der Waals surface area contributed by atoms with Crippen LogP contribution in [0.25, 0.3) is 0 Å². The SMILES string of the molecule is COc1cccc(OC)c1C(=O)[PH](=O)CCCCCc1ccccc1. The molecule has 1 unspecified atom stereocenters. The number of hydrogen-bond acceptors (Lipinski definition) is 4. The van der Waals surface area contributed by atoms with E-state index < -0.39 is 7.80 Å². The molecule has 2 aromatic rings. The van der Waals surface area contributed by atoms with Crippen LogP contribution in [-0.2, 0) is 11.0 Å². The predicted molar refractivity (Wildman–Crippen MR) is 102 cm³/mol. The molecular formula is C20H25O4P. The first-order valence-corrected chi connectivity index (χ1v) is 10.1. The van der Waals surface area contributed by atoms with Gasteiger partial charge in [0.25, 0.3) is 0 Å². The molecule has 1 atom stereocenters. The van der Waals surface area contributed by atoms with Crippen molar-refractivity contribution >= 4 is 13.3 Å². The number of benzene rings is 2. The summed E-state index contributed by atoms with van der Waals surface area (Å²) in [7, 11) is 0.608. The first-order valence-electron chi connectivity index (χ1n) is 8.49. The number of methoxy groups -OCH3 is 2. The largest absolute Gasteiger partial charge is 0.496 e. The molecule has 5 heteroatoms. The lowest BCUT2D eigenvalue weighted by Crippen LogP contribution is -2.03. The van der Waals surface area contributed by atoms with Crippen molar-refractivity contribution in [3.05, 3.63) is 59.7 Å². The second kappa shape index (κ2) is 10.0. The van der Waals surface area contributed by atoms with Gasteiger partial charge in [0.1, 0.15) is 24.9 Å². The Morgan fingerprint density at radius 3 is 2.12 bits per heavy atom. The lowest BCUT2D eigenvalue weighted by molar-refractivity contribution is 0.107. The lowest BCUT2D eigenvalue weighted by Gasteiger charge is -2.11. The number of carbonyl (C=O) groups excluding carboxylic acids is 1. The fourth-order valence-corrected chi connectivity index (χ4v) is 4.09. The van der Waals surface area contributed by atoms with Crippen molar-refractivity contribution < 1.29 is 18.8 Å². The molecule has 0 aliphatic rings. The van der Waals surface area contributed by atoms with Crippen molar-refractivity contribution in [2.75, 3.05) is 20.4 Å². The minimum absolute atomic E-state index is 0.292. The third kappa shape index (κ3) is 5.47. The zero-order valence-electron chi connectivity index (χ0n) is 14.8. The molecule has 0 saturated heterocycles. The summed E-state index contributed by atoms with van der Waals surface area (Å²) in [5.41, 5.74) is 1.24. The number of ether oxygens (including phenoxy) is 2. The second-order valence-electron chi connectivity index (χ2n) is 5.84. The highest BCUT2D eigenvalue weighted by atomic mass is 31.1.